The molecule has 1 amide bonds. The summed E-state index contributed by atoms with van der Waals surface area (Å²) in [5.74, 6) is 2.33. The first-order valence-electron chi connectivity index (χ1n) is 10.7. The Kier molecular flexibility index (Phi) is 7.18. The third-order valence-electron chi connectivity index (χ3n) is 5.50. The van der Waals surface area contributed by atoms with E-state index in [0.29, 0.717) is 40.8 Å². The predicted molar refractivity (Wildman–Crippen MR) is 133 cm³/mol. The second kappa shape index (κ2) is 10.4. The van der Waals surface area contributed by atoms with E-state index in [1.807, 2.05) is 48.5 Å². The van der Waals surface area contributed by atoms with Gasteiger partial charge in [-0.2, -0.15) is 0 Å². The Labute approximate surface area is 202 Å². The fourth-order valence-electron chi connectivity index (χ4n) is 3.75. The molecule has 0 aliphatic heterocycles. The molecule has 1 aromatic heterocycles. The average molecular weight is 479 g/mol. The zero-order chi connectivity index (χ0) is 24.1. The number of allylic oxidation sites excluding steroid dienone is 2. The molecule has 7 nitrogen and oxygen atoms in total. The number of nitrogens with one attached hydrogen (secondary N) is 1. The van der Waals surface area contributed by atoms with Crippen LogP contribution in [0.3, 0.4) is 0 Å². The maximum absolute atomic E-state index is 13.0. The molecule has 4 rings (SSSR count). The molecule has 0 spiro atoms. The lowest BCUT2D eigenvalue weighted by atomic mass is 10.0. The molecule has 0 saturated heterocycles. The lowest BCUT2D eigenvalue weighted by molar-refractivity contribution is -0.113. The Morgan fingerprint density at radius 2 is 1.65 bits per heavy atom. The van der Waals surface area contributed by atoms with E-state index in [1.165, 1.54) is 11.3 Å². The van der Waals surface area contributed by atoms with Crippen LogP contribution in [0.4, 0.5) is 5.13 Å². The van der Waals surface area contributed by atoms with Gasteiger partial charge in [-0.05, 0) is 36.3 Å². The van der Waals surface area contributed by atoms with E-state index < -0.39 is 0 Å². The fraction of sp³-hybridized carbons (Fsp3) is 0.231. The van der Waals surface area contributed by atoms with Gasteiger partial charge in [0, 0.05) is 17.6 Å². The summed E-state index contributed by atoms with van der Waals surface area (Å²) in [6.45, 7) is 0. The van der Waals surface area contributed by atoms with Crippen LogP contribution >= 0.6 is 11.3 Å². The van der Waals surface area contributed by atoms with Crippen LogP contribution in [0.2, 0.25) is 0 Å². The summed E-state index contributed by atoms with van der Waals surface area (Å²) in [5, 5.41) is 3.48. The van der Waals surface area contributed by atoms with Crippen LogP contribution in [0.15, 0.2) is 71.7 Å². The van der Waals surface area contributed by atoms with Crippen LogP contribution < -0.4 is 14.8 Å². The van der Waals surface area contributed by atoms with Crippen molar-refractivity contribution in [1.82, 2.24) is 4.98 Å². The standard InChI is InChI=1S/C26H26N2O5S/c1-30-19-12-10-17(14-21(19)32-3)23-24(16-8-6-5-7-9-16)34-26(27-23)28-25(29)18-11-13-20(31-2)22(15-18)33-4/h5-10,12,14-15H,11,13H2,1-4H3,(H,27,28,29). The highest BCUT2D eigenvalue weighted by Gasteiger charge is 2.22. The molecule has 0 saturated carbocycles. The van der Waals surface area contributed by atoms with E-state index >= 15 is 0 Å². The van der Waals surface area contributed by atoms with Crippen molar-refractivity contribution < 1.29 is 23.7 Å². The highest BCUT2D eigenvalue weighted by atomic mass is 32.1. The number of aromatic nitrogens is 1. The van der Waals surface area contributed by atoms with E-state index in [0.717, 1.165) is 27.5 Å². The summed E-state index contributed by atoms with van der Waals surface area (Å²) in [6.07, 6.45) is 2.88. The second-order valence-electron chi connectivity index (χ2n) is 7.45. The number of hydrogen-bond acceptors (Lipinski definition) is 7. The van der Waals surface area contributed by atoms with E-state index in [1.54, 1.807) is 34.5 Å². The molecule has 2 aromatic carbocycles. The zero-order valence-corrected chi connectivity index (χ0v) is 20.3. The number of anilines is 1. The van der Waals surface area contributed by atoms with Crippen molar-refractivity contribution in [2.24, 2.45) is 0 Å². The van der Waals surface area contributed by atoms with Crippen LogP contribution in [0.25, 0.3) is 21.7 Å². The van der Waals surface area contributed by atoms with E-state index in [2.05, 4.69) is 5.32 Å². The number of thiazole rings is 1. The van der Waals surface area contributed by atoms with Gasteiger partial charge in [-0.1, -0.05) is 41.7 Å². The quantitative estimate of drug-likeness (QED) is 0.450. The van der Waals surface area contributed by atoms with Crippen LogP contribution in [-0.2, 0) is 14.3 Å². The smallest absolute Gasteiger partial charge is 0.253 e. The largest absolute Gasteiger partial charge is 0.497 e. The summed E-state index contributed by atoms with van der Waals surface area (Å²) < 4.78 is 21.6. The number of hydrogen-bond donors (Lipinski definition) is 1. The molecule has 1 aliphatic carbocycles. The minimum atomic E-state index is -0.211. The van der Waals surface area contributed by atoms with Crippen LogP contribution in [0.5, 0.6) is 11.5 Å². The molecule has 34 heavy (non-hydrogen) atoms. The molecule has 0 bridgehead atoms. The summed E-state index contributed by atoms with van der Waals surface area (Å²) in [4.78, 5) is 18.8. The second-order valence-corrected chi connectivity index (χ2v) is 8.45. The first kappa shape index (κ1) is 23.4. The average Bonchev–Trinajstić information content (AvgIpc) is 3.31. The molecule has 8 heteroatoms. The topological polar surface area (TPSA) is 78.9 Å². The van der Waals surface area contributed by atoms with Gasteiger partial charge < -0.3 is 18.9 Å². The Bertz CT molecular complexity index is 1250. The first-order chi connectivity index (χ1) is 16.6. The minimum Gasteiger partial charge on any atom is -0.497 e. The first-order valence-corrected chi connectivity index (χ1v) is 11.5. The van der Waals surface area contributed by atoms with Crippen LogP contribution in [-0.4, -0.2) is 39.3 Å². The lowest BCUT2D eigenvalue weighted by Crippen LogP contribution is -2.17. The fourth-order valence-corrected chi connectivity index (χ4v) is 4.74. The highest BCUT2D eigenvalue weighted by molar-refractivity contribution is 7.19. The van der Waals surface area contributed by atoms with Gasteiger partial charge in [-0.25, -0.2) is 4.98 Å². The van der Waals surface area contributed by atoms with Gasteiger partial charge in [0.1, 0.15) is 5.76 Å². The maximum Gasteiger partial charge on any atom is 0.253 e. The molecule has 176 valence electrons. The minimum absolute atomic E-state index is 0.211. The van der Waals surface area contributed by atoms with Gasteiger partial charge in [0.25, 0.3) is 5.91 Å². The molecule has 3 aromatic rings. The number of benzene rings is 2. The summed E-state index contributed by atoms with van der Waals surface area (Å²) >= 11 is 1.42. The number of carbonyl (C=O) groups excluding carboxylic acids is 1. The zero-order valence-electron chi connectivity index (χ0n) is 19.5. The molecule has 1 N–H and O–H groups in total. The summed E-state index contributed by atoms with van der Waals surface area (Å²) in [5.41, 5.74) is 3.24. The van der Waals surface area contributed by atoms with Crippen LogP contribution in [0.1, 0.15) is 12.8 Å². The van der Waals surface area contributed by atoms with Crippen molar-refractivity contribution in [2.45, 2.75) is 12.8 Å². The van der Waals surface area contributed by atoms with Crippen molar-refractivity contribution in [3.63, 3.8) is 0 Å². The third-order valence-corrected chi connectivity index (χ3v) is 6.52. The lowest BCUT2D eigenvalue weighted by Gasteiger charge is -2.17. The van der Waals surface area contributed by atoms with Crippen molar-refractivity contribution in [1.29, 1.82) is 0 Å². The van der Waals surface area contributed by atoms with E-state index in [-0.39, 0.29) is 5.91 Å². The van der Waals surface area contributed by atoms with Gasteiger partial charge in [0.2, 0.25) is 0 Å². The molecule has 0 fully saturated rings. The normalized spacial score (nSPS) is 13.2. The van der Waals surface area contributed by atoms with Gasteiger partial charge in [0.15, 0.2) is 22.4 Å². The molecular formula is C26H26N2O5S. The Morgan fingerprint density at radius 1 is 0.882 bits per heavy atom. The monoisotopic (exact) mass is 478 g/mol. The van der Waals surface area contributed by atoms with Gasteiger partial charge in [0.05, 0.1) is 39.0 Å². The maximum atomic E-state index is 13.0. The SMILES string of the molecule is COC1=C(OC)CCC(C(=O)Nc2nc(-c3ccc(OC)c(OC)c3)c(-c3ccccc3)s2)=C1. The van der Waals surface area contributed by atoms with E-state index in [9.17, 15) is 4.79 Å². The summed E-state index contributed by atoms with van der Waals surface area (Å²) in [6, 6.07) is 15.6. The molecule has 0 radical (unpaired) electrons. The Hall–Kier alpha value is -3.78. The molecule has 1 heterocycles. The number of ether oxygens (including phenoxy) is 4. The van der Waals surface area contributed by atoms with Gasteiger partial charge in [-0.3, -0.25) is 10.1 Å². The number of methoxy groups -OCH3 is 4. The Balaban J connectivity index is 1.70. The number of amides is 1. The summed E-state index contributed by atoms with van der Waals surface area (Å²) in [7, 11) is 6.36. The molecule has 0 atom stereocenters. The molecule has 1 aliphatic rings. The highest BCUT2D eigenvalue weighted by Crippen LogP contribution is 2.41. The van der Waals surface area contributed by atoms with Crippen molar-refractivity contribution >= 4 is 22.4 Å². The van der Waals surface area contributed by atoms with Crippen molar-refractivity contribution in [2.75, 3.05) is 33.8 Å². The van der Waals surface area contributed by atoms with E-state index in [4.69, 9.17) is 23.9 Å². The number of nitrogens with zero attached hydrogens (tertiary/aromatic N) is 1. The van der Waals surface area contributed by atoms with Gasteiger partial charge in [-0.15, -0.1) is 0 Å². The number of rotatable bonds is 8. The van der Waals surface area contributed by atoms with Crippen LogP contribution in [0, 0.1) is 0 Å². The van der Waals surface area contributed by atoms with Gasteiger partial charge >= 0.3 is 0 Å². The predicted octanol–water partition coefficient (Wildman–Crippen LogP) is 5.66. The Morgan fingerprint density at radius 3 is 2.32 bits per heavy atom. The number of carbonyl (C=O) groups is 1. The van der Waals surface area contributed by atoms with Crippen molar-refractivity contribution in [3.8, 4) is 33.2 Å². The third kappa shape index (κ3) is 4.77. The molecule has 0 unspecified atom stereocenters. The molecular weight excluding hydrogens is 452 g/mol. The van der Waals surface area contributed by atoms with Crippen molar-refractivity contribution in [3.05, 3.63) is 71.7 Å².